The van der Waals surface area contributed by atoms with Gasteiger partial charge in [-0.05, 0) is 18.2 Å². The Morgan fingerprint density at radius 3 is 2.00 bits per heavy atom. The van der Waals surface area contributed by atoms with Crippen molar-refractivity contribution in [3.05, 3.63) is 34.8 Å². The summed E-state index contributed by atoms with van der Waals surface area (Å²) in [7, 11) is 0. The third-order valence-corrected chi connectivity index (χ3v) is 1.21. The third-order valence-electron chi connectivity index (χ3n) is 0.678. The van der Waals surface area contributed by atoms with Gasteiger partial charge in [0.05, 0.1) is 0 Å². The Labute approximate surface area is 79.7 Å². The summed E-state index contributed by atoms with van der Waals surface area (Å²) in [5, 5.41) is 0. The van der Waals surface area contributed by atoms with Crippen LogP contribution in [-0.4, -0.2) is 29.6 Å². The Bertz CT molecular complexity index is 138. The zero-order valence-corrected chi connectivity index (χ0v) is 5.27. The van der Waals surface area contributed by atoms with Crippen LogP contribution in [0.3, 0.4) is 0 Å². The maximum atomic E-state index is 3.29. The summed E-state index contributed by atoms with van der Waals surface area (Å²) in [6.45, 7) is 0. The van der Waals surface area contributed by atoms with Crippen molar-refractivity contribution in [1.82, 2.24) is 0 Å². The van der Waals surface area contributed by atoms with Gasteiger partial charge in [-0.1, -0.05) is 28.1 Å². The number of halogens is 1. The first-order valence-corrected chi connectivity index (χ1v) is 2.80. The van der Waals surface area contributed by atoms with Crippen LogP contribution in [0.2, 0.25) is 0 Å². The van der Waals surface area contributed by atoms with Crippen LogP contribution in [0.4, 0.5) is 0 Å². The molecule has 0 saturated carbocycles. The van der Waals surface area contributed by atoms with Gasteiger partial charge in [-0.2, -0.15) is 0 Å². The van der Waals surface area contributed by atoms with E-state index in [0.717, 1.165) is 4.47 Å². The molecule has 1 aromatic carbocycles. The minimum absolute atomic E-state index is 0. The van der Waals surface area contributed by atoms with Gasteiger partial charge in [0.15, 0.2) is 0 Å². The molecule has 0 saturated heterocycles. The number of rotatable bonds is 0. The summed E-state index contributed by atoms with van der Waals surface area (Å²) < 4.78 is 1.10. The maximum absolute atomic E-state index is 3.29. The molecule has 0 amide bonds. The van der Waals surface area contributed by atoms with Crippen LogP contribution in [0.25, 0.3) is 0 Å². The zero-order chi connectivity index (χ0) is 5.11. The fraction of sp³-hybridized carbons (Fsp3) is 0. The minimum atomic E-state index is 0. The molecule has 1 aromatic rings. The van der Waals surface area contributed by atoms with Gasteiger partial charge < -0.3 is 0 Å². The average Bonchev–Trinajstić information content (AvgIpc) is 1.69. The molecule has 0 spiro atoms. The third kappa shape index (κ3) is 2.88. The van der Waals surface area contributed by atoms with E-state index in [9.17, 15) is 0 Å². The van der Waals surface area contributed by atoms with Crippen molar-refractivity contribution in [2.24, 2.45) is 0 Å². The topological polar surface area (TPSA) is 0 Å². The van der Waals surface area contributed by atoms with E-state index in [2.05, 4.69) is 22.0 Å². The summed E-state index contributed by atoms with van der Waals surface area (Å²) in [6.07, 6.45) is 0. The monoisotopic (exact) mass is 179 g/mol. The molecular formula is C6H5BrNa. The predicted molar refractivity (Wildman–Crippen MR) is 40.1 cm³/mol. The zero-order valence-electron chi connectivity index (χ0n) is 3.69. The van der Waals surface area contributed by atoms with Crippen molar-refractivity contribution in [1.29, 1.82) is 0 Å². The second-order valence-electron chi connectivity index (χ2n) is 1.22. The molecule has 0 aliphatic carbocycles. The van der Waals surface area contributed by atoms with Crippen molar-refractivity contribution in [3.8, 4) is 0 Å². The molecule has 2 heteroatoms. The van der Waals surface area contributed by atoms with Crippen LogP contribution in [0, 0.1) is 6.07 Å². The van der Waals surface area contributed by atoms with Crippen LogP contribution in [0.1, 0.15) is 0 Å². The fourth-order valence-electron chi connectivity index (χ4n) is 0.367. The molecule has 0 bridgehead atoms. The van der Waals surface area contributed by atoms with E-state index in [1.807, 2.05) is 24.3 Å². The van der Waals surface area contributed by atoms with Crippen LogP contribution in [0.15, 0.2) is 28.7 Å². The first-order valence-electron chi connectivity index (χ1n) is 2.01. The van der Waals surface area contributed by atoms with Gasteiger partial charge in [0.25, 0.3) is 0 Å². The second-order valence-corrected chi connectivity index (χ2v) is 2.13. The summed E-state index contributed by atoms with van der Waals surface area (Å²) in [5.74, 6) is 0. The molecule has 0 aromatic heterocycles. The number of hydrogen-bond donors (Lipinski definition) is 0. The molecule has 0 aliphatic heterocycles. The van der Waals surface area contributed by atoms with Crippen molar-refractivity contribution >= 4 is 45.5 Å². The van der Waals surface area contributed by atoms with Gasteiger partial charge in [-0.3, -0.25) is 0 Å². The van der Waals surface area contributed by atoms with Gasteiger partial charge in [0.2, 0.25) is 0 Å². The average molecular weight is 180 g/mol. The van der Waals surface area contributed by atoms with Gasteiger partial charge in [-0.25, -0.2) is 0 Å². The normalized spacial score (nSPS) is 7.62. The quantitative estimate of drug-likeness (QED) is 0.532. The Morgan fingerprint density at radius 1 is 1.25 bits per heavy atom. The van der Waals surface area contributed by atoms with Crippen molar-refractivity contribution in [2.75, 3.05) is 0 Å². The molecule has 8 heavy (non-hydrogen) atoms. The molecule has 1 radical (unpaired) electrons. The molecule has 37 valence electrons. The molecule has 0 unspecified atom stereocenters. The Balaban J connectivity index is 0.000000490. The van der Waals surface area contributed by atoms with Crippen molar-refractivity contribution in [2.45, 2.75) is 0 Å². The molecule has 1 rings (SSSR count). The fourth-order valence-corrected chi connectivity index (χ4v) is 0.631. The second kappa shape index (κ2) is 4.57. The van der Waals surface area contributed by atoms with E-state index in [1.165, 1.54) is 0 Å². The Morgan fingerprint density at radius 2 is 1.75 bits per heavy atom. The number of benzene rings is 1. The first kappa shape index (κ1) is 8.70. The Kier molecular flexibility index (Phi) is 4.97. The van der Waals surface area contributed by atoms with Crippen LogP contribution >= 0.6 is 15.9 Å². The molecule has 0 N–H and O–H groups in total. The molecule has 0 aliphatic rings. The molecule has 0 nitrogen and oxygen atoms in total. The van der Waals surface area contributed by atoms with E-state index in [0.29, 0.717) is 0 Å². The Hall–Kier alpha value is 0.700. The van der Waals surface area contributed by atoms with Crippen LogP contribution in [-0.2, 0) is 0 Å². The van der Waals surface area contributed by atoms with E-state index >= 15 is 0 Å². The van der Waals surface area contributed by atoms with Crippen LogP contribution < -0.4 is 0 Å². The summed E-state index contributed by atoms with van der Waals surface area (Å²) in [5.41, 5.74) is 0. The van der Waals surface area contributed by atoms with Crippen molar-refractivity contribution in [3.63, 3.8) is 0 Å². The standard InChI is InChI=1S/C6H4Br.Na.H/c7-6-4-2-1-3-5-6;;/h2-5H;;. The first-order chi connectivity index (χ1) is 3.39. The summed E-state index contributed by atoms with van der Waals surface area (Å²) in [4.78, 5) is 0. The van der Waals surface area contributed by atoms with Crippen molar-refractivity contribution < 1.29 is 0 Å². The molecule has 0 heterocycles. The number of hydrogen-bond acceptors (Lipinski definition) is 0. The SMILES string of the molecule is Brc1cc[c]cc1.[NaH]. The van der Waals surface area contributed by atoms with E-state index in [4.69, 9.17) is 0 Å². The van der Waals surface area contributed by atoms with E-state index in [1.54, 1.807) is 0 Å². The van der Waals surface area contributed by atoms with E-state index in [-0.39, 0.29) is 29.6 Å². The van der Waals surface area contributed by atoms with Crippen LogP contribution in [0.5, 0.6) is 0 Å². The molecule has 0 atom stereocenters. The summed E-state index contributed by atoms with van der Waals surface area (Å²) >= 11 is 3.29. The van der Waals surface area contributed by atoms with E-state index < -0.39 is 0 Å². The van der Waals surface area contributed by atoms with Gasteiger partial charge in [0, 0.05) is 4.47 Å². The predicted octanol–water partition coefficient (Wildman–Crippen LogP) is 1.60. The van der Waals surface area contributed by atoms with Gasteiger partial charge >= 0.3 is 29.6 Å². The summed E-state index contributed by atoms with van der Waals surface area (Å²) in [6, 6.07) is 10.5. The molecular weight excluding hydrogens is 175 g/mol. The van der Waals surface area contributed by atoms with Gasteiger partial charge in [0.1, 0.15) is 0 Å². The van der Waals surface area contributed by atoms with Gasteiger partial charge in [-0.15, -0.1) is 0 Å². The molecule has 0 fully saturated rings.